The van der Waals surface area contributed by atoms with E-state index in [1.807, 2.05) is 48.5 Å². The van der Waals surface area contributed by atoms with Crippen LogP contribution >= 0.6 is 23.2 Å². The maximum absolute atomic E-state index is 13.8. The van der Waals surface area contributed by atoms with E-state index >= 15 is 0 Å². The zero-order valence-corrected chi connectivity index (χ0v) is 22.4. The molecule has 198 valence electrons. The number of benzene rings is 3. The number of Topliss-reactive ketones (excluding diaryl/α,β-unsaturated/α-hetero) is 1. The Kier molecular flexibility index (Phi) is 6.04. The Labute approximate surface area is 234 Å². The van der Waals surface area contributed by atoms with E-state index in [0.717, 1.165) is 4.90 Å². The average Bonchev–Trinajstić information content (AvgIpc) is 3.23. The zero-order chi connectivity index (χ0) is 27.5. The lowest BCUT2D eigenvalue weighted by Gasteiger charge is -2.54. The normalized spacial score (nSPS) is 26.1. The Bertz CT molecular complexity index is 1430. The van der Waals surface area contributed by atoms with Crippen molar-refractivity contribution in [3.8, 4) is 5.75 Å². The van der Waals surface area contributed by atoms with Gasteiger partial charge in [-0.1, -0.05) is 60.7 Å². The number of hydrogen-bond donors (Lipinski definition) is 0. The van der Waals surface area contributed by atoms with E-state index in [4.69, 9.17) is 32.7 Å². The molecule has 4 aliphatic rings. The fourth-order valence-electron chi connectivity index (χ4n) is 6.25. The summed E-state index contributed by atoms with van der Waals surface area (Å²) in [6, 6.07) is 21.2. The Hall–Kier alpha value is -3.68. The molecule has 1 aliphatic heterocycles. The Balaban J connectivity index is 1.22. The molecular weight excluding hydrogens is 541 g/mol. The molecule has 0 N–H and O–H groups in total. The molecule has 3 aliphatic carbocycles. The summed E-state index contributed by atoms with van der Waals surface area (Å²) in [6.45, 7) is -0.678. The maximum atomic E-state index is 13.8. The number of alkyl halides is 2. The molecule has 1 heterocycles. The smallest absolute Gasteiger partial charge is 0.308 e. The van der Waals surface area contributed by atoms with Crippen LogP contribution in [0.2, 0.25) is 0 Å². The van der Waals surface area contributed by atoms with E-state index in [0.29, 0.717) is 33.6 Å². The summed E-state index contributed by atoms with van der Waals surface area (Å²) < 4.78 is 10.3. The third-order valence-corrected chi connectivity index (χ3v) is 9.26. The van der Waals surface area contributed by atoms with Crippen LogP contribution in [0.15, 0.2) is 72.8 Å². The number of ether oxygens (including phenoxy) is 2. The molecule has 39 heavy (non-hydrogen) atoms. The number of amides is 2. The van der Waals surface area contributed by atoms with Crippen LogP contribution in [0.25, 0.3) is 0 Å². The number of nitrogens with zero attached hydrogens (tertiary/aromatic N) is 1. The summed E-state index contributed by atoms with van der Waals surface area (Å²) in [7, 11) is 1.49. The molecule has 3 aromatic carbocycles. The van der Waals surface area contributed by atoms with Gasteiger partial charge in [0.2, 0.25) is 11.8 Å². The molecule has 7 nitrogen and oxygen atoms in total. The number of halogens is 2. The molecule has 7 rings (SSSR count). The highest BCUT2D eigenvalue weighted by Crippen LogP contribution is 2.69. The highest BCUT2D eigenvalue weighted by molar-refractivity contribution is 6.36. The van der Waals surface area contributed by atoms with E-state index < -0.39 is 51.8 Å². The van der Waals surface area contributed by atoms with Crippen LogP contribution in [-0.2, 0) is 28.9 Å². The first-order valence-electron chi connectivity index (χ1n) is 12.5. The fraction of sp³-hybridized carbons (Fsp3) is 0.267. The van der Waals surface area contributed by atoms with E-state index in [1.54, 1.807) is 24.3 Å². The third-order valence-electron chi connectivity index (χ3n) is 7.97. The molecule has 0 radical (unpaired) electrons. The van der Waals surface area contributed by atoms with E-state index in [-0.39, 0.29) is 13.0 Å². The second-order valence-electron chi connectivity index (χ2n) is 9.86. The lowest BCUT2D eigenvalue weighted by Crippen LogP contribution is -2.57. The monoisotopic (exact) mass is 563 g/mol. The van der Waals surface area contributed by atoms with Gasteiger partial charge >= 0.3 is 5.97 Å². The Morgan fingerprint density at radius 3 is 1.82 bits per heavy atom. The van der Waals surface area contributed by atoms with Crippen LogP contribution in [-0.4, -0.2) is 48.7 Å². The van der Waals surface area contributed by atoms with Crippen molar-refractivity contribution in [1.29, 1.82) is 0 Å². The van der Waals surface area contributed by atoms with E-state index in [1.165, 1.54) is 7.11 Å². The van der Waals surface area contributed by atoms with Gasteiger partial charge in [0.1, 0.15) is 15.5 Å². The van der Waals surface area contributed by atoms with Crippen LogP contribution in [0.4, 0.5) is 0 Å². The first-order chi connectivity index (χ1) is 18.7. The molecule has 9 heteroatoms. The average molecular weight is 564 g/mol. The SMILES string of the molecule is COc1cccc(C(=O)COC(=O)CCN2C(=O)[C@H]3[C@H](C2=O)C2(Cl)c4ccccc4C3(Cl)c3ccccc32)c1. The maximum Gasteiger partial charge on any atom is 0.308 e. The first-order valence-corrected chi connectivity index (χ1v) is 13.2. The molecule has 0 spiro atoms. The van der Waals surface area contributed by atoms with Gasteiger partial charge < -0.3 is 9.47 Å². The van der Waals surface area contributed by atoms with Crippen molar-refractivity contribution in [2.75, 3.05) is 20.3 Å². The number of likely N-dealkylation sites (tertiary alicyclic amines) is 1. The summed E-state index contributed by atoms with van der Waals surface area (Å²) in [4.78, 5) is 51.0. The number of imide groups is 1. The number of hydrogen-bond acceptors (Lipinski definition) is 6. The van der Waals surface area contributed by atoms with Gasteiger partial charge in [-0.25, -0.2) is 0 Å². The van der Waals surface area contributed by atoms with Crippen molar-refractivity contribution in [2.45, 2.75) is 16.2 Å². The van der Waals surface area contributed by atoms with Crippen LogP contribution in [0.5, 0.6) is 5.75 Å². The predicted octanol–water partition coefficient (Wildman–Crippen LogP) is 4.40. The van der Waals surface area contributed by atoms with Gasteiger partial charge in [0, 0.05) is 12.1 Å². The van der Waals surface area contributed by atoms with Gasteiger partial charge in [-0.3, -0.25) is 24.1 Å². The topological polar surface area (TPSA) is 90.0 Å². The van der Waals surface area contributed by atoms with Crippen LogP contribution < -0.4 is 4.74 Å². The van der Waals surface area contributed by atoms with Crippen molar-refractivity contribution in [2.24, 2.45) is 11.8 Å². The molecule has 2 bridgehead atoms. The van der Waals surface area contributed by atoms with Gasteiger partial charge in [0.15, 0.2) is 12.4 Å². The minimum atomic E-state index is -1.28. The van der Waals surface area contributed by atoms with Gasteiger partial charge in [0.05, 0.1) is 25.4 Å². The molecule has 3 aromatic rings. The summed E-state index contributed by atoms with van der Waals surface area (Å²) in [5.74, 6) is -3.42. The van der Waals surface area contributed by atoms with Gasteiger partial charge in [0.25, 0.3) is 0 Å². The van der Waals surface area contributed by atoms with E-state index in [2.05, 4.69) is 0 Å². The highest BCUT2D eigenvalue weighted by atomic mass is 35.5. The highest BCUT2D eigenvalue weighted by Gasteiger charge is 2.72. The van der Waals surface area contributed by atoms with Crippen molar-refractivity contribution in [3.05, 3.63) is 101 Å². The summed E-state index contributed by atoms with van der Waals surface area (Å²) >= 11 is 14.8. The van der Waals surface area contributed by atoms with Crippen LogP contribution in [0.1, 0.15) is 39.0 Å². The first kappa shape index (κ1) is 25.6. The Morgan fingerprint density at radius 1 is 0.821 bits per heavy atom. The summed E-state index contributed by atoms with van der Waals surface area (Å²) in [5, 5.41) is 0. The van der Waals surface area contributed by atoms with E-state index in [9.17, 15) is 19.2 Å². The minimum Gasteiger partial charge on any atom is -0.497 e. The standard InChI is InChI=1S/C30H23Cl2NO6/c1-38-18-8-6-7-17(15-18)23(34)16-39-24(35)13-14-33-27(36)25-26(28(33)37)30(32)20-10-3-2-9-19(20)29(25,31)21-11-4-5-12-22(21)30/h2-12,15,25-26H,13-14,16H2,1H3/t25-,26-,29?,30?/m1/s1. The van der Waals surface area contributed by atoms with Crippen LogP contribution in [0, 0.1) is 11.8 Å². The molecule has 0 unspecified atom stereocenters. The van der Waals surface area contributed by atoms with Crippen molar-refractivity contribution in [1.82, 2.24) is 4.90 Å². The molecule has 1 fully saturated rings. The third kappa shape index (κ3) is 3.56. The van der Waals surface area contributed by atoms with Gasteiger partial charge in [-0.2, -0.15) is 0 Å². The fourth-order valence-corrected chi connectivity index (χ4v) is 7.34. The minimum absolute atomic E-state index is 0.205. The molecular formula is C30H23Cl2NO6. The molecule has 0 saturated carbocycles. The number of carbonyl (C=O) groups is 4. The van der Waals surface area contributed by atoms with Gasteiger partial charge in [-0.05, 0) is 34.4 Å². The zero-order valence-electron chi connectivity index (χ0n) is 20.9. The quantitative estimate of drug-likeness (QED) is 0.183. The lowest BCUT2D eigenvalue weighted by atomic mass is 9.54. The lowest BCUT2D eigenvalue weighted by molar-refractivity contribution is -0.145. The molecule has 1 saturated heterocycles. The predicted molar refractivity (Wildman–Crippen MR) is 143 cm³/mol. The largest absolute Gasteiger partial charge is 0.497 e. The molecule has 2 atom stereocenters. The number of methoxy groups -OCH3 is 1. The number of esters is 1. The van der Waals surface area contributed by atoms with Crippen molar-refractivity contribution >= 4 is 46.8 Å². The summed E-state index contributed by atoms with van der Waals surface area (Å²) in [5.41, 5.74) is 3.17. The molecule has 0 aromatic heterocycles. The van der Waals surface area contributed by atoms with Gasteiger partial charge in [-0.15, -0.1) is 23.2 Å². The second-order valence-corrected chi connectivity index (χ2v) is 11.1. The van der Waals surface area contributed by atoms with Crippen molar-refractivity contribution in [3.63, 3.8) is 0 Å². The number of carbonyl (C=O) groups excluding carboxylic acids is 4. The second kappa shape index (κ2) is 9.21. The number of ketones is 1. The van der Waals surface area contributed by atoms with Crippen LogP contribution in [0.3, 0.4) is 0 Å². The Morgan fingerprint density at radius 2 is 1.33 bits per heavy atom. The molecule has 2 amide bonds. The summed E-state index contributed by atoms with van der Waals surface area (Å²) in [6.07, 6.45) is -0.271. The number of rotatable bonds is 7. The van der Waals surface area contributed by atoms with Crippen molar-refractivity contribution < 1.29 is 28.7 Å².